The Morgan fingerprint density at radius 2 is 2.22 bits per heavy atom. The summed E-state index contributed by atoms with van der Waals surface area (Å²) in [6, 6.07) is 9.33. The number of nitrogens with one attached hydrogen (secondary N) is 1. The van der Waals surface area contributed by atoms with E-state index in [4.69, 9.17) is 4.84 Å². The number of hydrogen-bond acceptors (Lipinski definition) is 3. The Bertz CT molecular complexity index is 383. The van der Waals surface area contributed by atoms with Crippen LogP contribution in [-0.2, 0) is 11.4 Å². The summed E-state index contributed by atoms with van der Waals surface area (Å²) in [4.78, 5) is 18.4. The normalized spacial score (nSPS) is 19.6. The van der Waals surface area contributed by atoms with Crippen LogP contribution in [0.15, 0.2) is 30.3 Å². The zero-order valence-electron chi connectivity index (χ0n) is 10.2. The van der Waals surface area contributed by atoms with Gasteiger partial charge in [-0.15, -0.1) is 0 Å². The quantitative estimate of drug-likeness (QED) is 0.794. The van der Waals surface area contributed by atoms with E-state index in [9.17, 15) is 9.90 Å². The molecule has 0 saturated carbocycles. The van der Waals surface area contributed by atoms with Crippen molar-refractivity contribution in [3.63, 3.8) is 0 Å². The first-order valence-corrected chi connectivity index (χ1v) is 6.14. The van der Waals surface area contributed by atoms with E-state index >= 15 is 0 Å². The van der Waals surface area contributed by atoms with E-state index in [-0.39, 0.29) is 6.03 Å². The molecule has 1 unspecified atom stereocenters. The molecular weight excluding hydrogens is 232 g/mol. The highest BCUT2D eigenvalue weighted by Gasteiger charge is 2.21. The molecule has 0 bridgehead atoms. The highest BCUT2D eigenvalue weighted by molar-refractivity contribution is 5.73. The molecule has 0 aromatic heterocycles. The van der Waals surface area contributed by atoms with Gasteiger partial charge in [-0.3, -0.25) is 4.84 Å². The second kappa shape index (κ2) is 6.37. The maximum absolute atomic E-state index is 11.7. The number of amides is 2. The predicted molar refractivity (Wildman–Crippen MR) is 66.6 cm³/mol. The lowest BCUT2D eigenvalue weighted by atomic mass is 10.1. The largest absolute Gasteiger partial charge is 0.391 e. The van der Waals surface area contributed by atoms with Crippen molar-refractivity contribution in [1.82, 2.24) is 10.4 Å². The summed E-state index contributed by atoms with van der Waals surface area (Å²) in [5.41, 5.74) is 3.39. The van der Waals surface area contributed by atoms with Crippen LogP contribution in [0, 0.1) is 0 Å². The Kier molecular flexibility index (Phi) is 4.55. The fourth-order valence-electron chi connectivity index (χ4n) is 1.96. The van der Waals surface area contributed by atoms with Gasteiger partial charge >= 0.3 is 6.03 Å². The third-order valence-electron chi connectivity index (χ3n) is 2.92. The summed E-state index contributed by atoms with van der Waals surface area (Å²) < 4.78 is 0. The number of aliphatic hydroxyl groups excluding tert-OH is 1. The molecule has 1 atom stereocenters. The fraction of sp³-hybridized carbons (Fsp3) is 0.462. The van der Waals surface area contributed by atoms with Gasteiger partial charge < -0.3 is 10.0 Å². The first-order chi connectivity index (χ1) is 8.75. The Hall–Kier alpha value is -1.59. The van der Waals surface area contributed by atoms with Gasteiger partial charge in [0.25, 0.3) is 0 Å². The molecule has 0 radical (unpaired) electrons. The van der Waals surface area contributed by atoms with Crippen molar-refractivity contribution >= 4 is 6.03 Å². The van der Waals surface area contributed by atoms with Crippen molar-refractivity contribution in [2.75, 3.05) is 13.1 Å². The molecule has 1 aliphatic heterocycles. The molecule has 2 rings (SSSR count). The van der Waals surface area contributed by atoms with Crippen molar-refractivity contribution in [3.8, 4) is 0 Å². The molecule has 0 spiro atoms. The molecule has 98 valence electrons. The number of benzene rings is 1. The van der Waals surface area contributed by atoms with Crippen molar-refractivity contribution in [2.24, 2.45) is 0 Å². The van der Waals surface area contributed by atoms with Crippen molar-refractivity contribution < 1.29 is 14.7 Å². The number of β-amino-alcohol motifs (C(OH)–C–C–N with tert-alkyl or cyclic N) is 1. The average Bonchev–Trinajstić information content (AvgIpc) is 2.40. The van der Waals surface area contributed by atoms with Crippen LogP contribution in [0.3, 0.4) is 0 Å². The molecule has 1 fully saturated rings. The Morgan fingerprint density at radius 3 is 2.94 bits per heavy atom. The molecule has 5 nitrogen and oxygen atoms in total. The van der Waals surface area contributed by atoms with E-state index in [1.165, 1.54) is 0 Å². The Balaban J connectivity index is 1.71. The molecule has 2 N–H and O–H groups in total. The molecule has 1 aliphatic rings. The molecule has 5 heteroatoms. The van der Waals surface area contributed by atoms with E-state index in [1.54, 1.807) is 4.90 Å². The van der Waals surface area contributed by atoms with Crippen LogP contribution in [0.25, 0.3) is 0 Å². The van der Waals surface area contributed by atoms with Gasteiger partial charge in [0, 0.05) is 13.1 Å². The van der Waals surface area contributed by atoms with E-state index in [2.05, 4.69) is 5.48 Å². The third kappa shape index (κ3) is 3.72. The number of aliphatic hydroxyl groups is 1. The molecule has 1 aromatic rings. The smallest absolute Gasteiger partial charge is 0.341 e. The summed E-state index contributed by atoms with van der Waals surface area (Å²) >= 11 is 0. The third-order valence-corrected chi connectivity index (χ3v) is 2.92. The predicted octanol–water partition coefficient (Wildman–Crippen LogP) is 1.28. The van der Waals surface area contributed by atoms with Crippen LogP contribution < -0.4 is 5.48 Å². The summed E-state index contributed by atoms with van der Waals surface area (Å²) in [5, 5.41) is 9.47. The topological polar surface area (TPSA) is 61.8 Å². The summed E-state index contributed by atoms with van der Waals surface area (Å²) in [5.74, 6) is 0. The second-order valence-electron chi connectivity index (χ2n) is 4.42. The summed E-state index contributed by atoms with van der Waals surface area (Å²) in [6.45, 7) is 1.38. The molecular formula is C13H18N2O3. The lowest BCUT2D eigenvalue weighted by Gasteiger charge is -2.29. The number of carbonyl (C=O) groups excluding carboxylic acids is 1. The van der Waals surface area contributed by atoms with Crippen LogP contribution >= 0.6 is 0 Å². The number of nitrogens with zero attached hydrogens (tertiary/aromatic N) is 1. The standard InChI is InChI=1S/C13H18N2O3/c16-12-7-4-8-15(9-12)13(17)14-18-10-11-5-2-1-3-6-11/h1-3,5-6,12,16H,4,7-10H2,(H,14,17). The number of hydroxylamine groups is 1. The van der Waals surface area contributed by atoms with E-state index in [0.29, 0.717) is 19.7 Å². The number of rotatable bonds is 3. The minimum atomic E-state index is -0.418. The van der Waals surface area contributed by atoms with Gasteiger partial charge in [0.05, 0.1) is 12.7 Å². The minimum absolute atomic E-state index is 0.287. The number of urea groups is 1. The lowest BCUT2D eigenvalue weighted by Crippen LogP contribution is -2.47. The van der Waals surface area contributed by atoms with Crippen LogP contribution in [0.1, 0.15) is 18.4 Å². The fourth-order valence-corrected chi connectivity index (χ4v) is 1.96. The Morgan fingerprint density at radius 1 is 1.44 bits per heavy atom. The van der Waals surface area contributed by atoms with Crippen LogP contribution in [-0.4, -0.2) is 35.2 Å². The van der Waals surface area contributed by atoms with Gasteiger partial charge in [-0.1, -0.05) is 30.3 Å². The molecule has 1 aromatic carbocycles. The van der Waals surface area contributed by atoms with Crippen molar-refractivity contribution in [1.29, 1.82) is 0 Å². The van der Waals surface area contributed by atoms with Crippen LogP contribution in [0.4, 0.5) is 4.79 Å². The first-order valence-electron chi connectivity index (χ1n) is 6.14. The molecule has 18 heavy (non-hydrogen) atoms. The van der Waals surface area contributed by atoms with E-state index in [0.717, 1.165) is 18.4 Å². The van der Waals surface area contributed by atoms with Crippen molar-refractivity contribution in [2.45, 2.75) is 25.6 Å². The number of likely N-dealkylation sites (tertiary alicyclic amines) is 1. The van der Waals surface area contributed by atoms with Gasteiger partial charge in [-0.25, -0.2) is 10.3 Å². The van der Waals surface area contributed by atoms with Gasteiger partial charge in [0.1, 0.15) is 0 Å². The maximum Gasteiger partial charge on any atom is 0.341 e. The average molecular weight is 250 g/mol. The minimum Gasteiger partial charge on any atom is -0.391 e. The van der Waals surface area contributed by atoms with Gasteiger partial charge in [0.2, 0.25) is 0 Å². The second-order valence-corrected chi connectivity index (χ2v) is 4.42. The van der Waals surface area contributed by atoms with E-state index < -0.39 is 6.10 Å². The Labute approximate surface area is 106 Å². The van der Waals surface area contributed by atoms with E-state index in [1.807, 2.05) is 30.3 Å². The van der Waals surface area contributed by atoms with Crippen molar-refractivity contribution in [3.05, 3.63) is 35.9 Å². The number of carbonyl (C=O) groups is 1. The number of piperidine rings is 1. The van der Waals surface area contributed by atoms with Gasteiger partial charge in [0.15, 0.2) is 0 Å². The monoisotopic (exact) mass is 250 g/mol. The van der Waals surface area contributed by atoms with Gasteiger partial charge in [-0.05, 0) is 18.4 Å². The molecule has 0 aliphatic carbocycles. The summed E-state index contributed by atoms with van der Waals surface area (Å²) in [6.07, 6.45) is 1.17. The molecule has 1 heterocycles. The molecule has 2 amide bonds. The van der Waals surface area contributed by atoms with Crippen LogP contribution in [0.5, 0.6) is 0 Å². The first kappa shape index (κ1) is 12.9. The van der Waals surface area contributed by atoms with Gasteiger partial charge in [-0.2, -0.15) is 0 Å². The number of hydrogen-bond donors (Lipinski definition) is 2. The zero-order chi connectivity index (χ0) is 12.8. The summed E-state index contributed by atoms with van der Waals surface area (Å²) in [7, 11) is 0. The highest BCUT2D eigenvalue weighted by atomic mass is 16.7. The highest BCUT2D eigenvalue weighted by Crippen LogP contribution is 2.09. The maximum atomic E-state index is 11.7. The zero-order valence-corrected chi connectivity index (χ0v) is 10.2. The lowest BCUT2D eigenvalue weighted by molar-refractivity contribution is 0.0225. The SMILES string of the molecule is O=C(NOCc1ccccc1)N1CCCC(O)C1. The molecule has 1 saturated heterocycles. The van der Waals surface area contributed by atoms with Crippen LogP contribution in [0.2, 0.25) is 0 Å².